The van der Waals surface area contributed by atoms with Crippen molar-refractivity contribution in [3.8, 4) is 0 Å². The molecule has 2 saturated heterocycles. The van der Waals surface area contributed by atoms with E-state index in [1.54, 1.807) is 0 Å². The fraction of sp³-hybridized carbons (Fsp3) is 0.947. The number of nitrogens with one attached hydrogen (secondary N) is 1. The molecule has 154 valence electrons. The van der Waals surface area contributed by atoms with Crippen LogP contribution in [0.25, 0.3) is 0 Å². The molecule has 1 unspecified atom stereocenters. The Morgan fingerprint density at radius 1 is 1.23 bits per heavy atom. The summed E-state index contributed by atoms with van der Waals surface area (Å²) in [5.74, 6) is 1.86. The summed E-state index contributed by atoms with van der Waals surface area (Å²) in [4.78, 5) is 12.2. The van der Waals surface area contributed by atoms with Crippen LogP contribution in [0, 0.1) is 5.92 Å². The smallest absolute Gasteiger partial charge is 0.193 e. The predicted octanol–water partition coefficient (Wildman–Crippen LogP) is 1.95. The molecule has 2 aliphatic heterocycles. The molecule has 6 nitrogen and oxygen atoms in total. The molecule has 0 aliphatic carbocycles. The summed E-state index contributed by atoms with van der Waals surface area (Å²) in [6.45, 7) is 13.8. The van der Waals surface area contributed by atoms with Crippen LogP contribution in [0.4, 0.5) is 0 Å². The first-order chi connectivity index (χ1) is 12.1. The molecule has 2 rings (SSSR count). The first-order valence-electron chi connectivity index (χ1n) is 10.1. The van der Waals surface area contributed by atoms with E-state index in [-0.39, 0.29) is 24.0 Å². The van der Waals surface area contributed by atoms with Gasteiger partial charge in [0.1, 0.15) is 0 Å². The van der Waals surface area contributed by atoms with Crippen LogP contribution in [-0.2, 0) is 4.74 Å². The zero-order valence-corrected chi connectivity index (χ0v) is 19.6. The Morgan fingerprint density at radius 3 is 2.50 bits per heavy atom. The topological polar surface area (TPSA) is 43.3 Å². The summed E-state index contributed by atoms with van der Waals surface area (Å²) >= 11 is 0. The zero-order valence-electron chi connectivity index (χ0n) is 17.2. The maximum absolute atomic E-state index is 5.46. The van der Waals surface area contributed by atoms with Gasteiger partial charge >= 0.3 is 0 Å². The van der Waals surface area contributed by atoms with Crippen LogP contribution in [0.5, 0.6) is 0 Å². The molecule has 2 heterocycles. The minimum Gasteiger partial charge on any atom is -0.381 e. The third-order valence-corrected chi connectivity index (χ3v) is 5.58. The highest BCUT2D eigenvalue weighted by Gasteiger charge is 2.19. The van der Waals surface area contributed by atoms with Gasteiger partial charge in [0.15, 0.2) is 5.96 Å². The van der Waals surface area contributed by atoms with E-state index < -0.39 is 0 Å². The Bertz CT molecular complexity index is 395. The van der Waals surface area contributed by atoms with Crippen LogP contribution in [0.3, 0.4) is 0 Å². The van der Waals surface area contributed by atoms with Crippen molar-refractivity contribution in [2.45, 2.75) is 39.2 Å². The number of piperazine rings is 1. The fourth-order valence-electron chi connectivity index (χ4n) is 3.58. The zero-order chi connectivity index (χ0) is 18.1. The second kappa shape index (κ2) is 13.1. The Hall–Kier alpha value is -0.120. The Morgan fingerprint density at radius 2 is 1.88 bits per heavy atom. The van der Waals surface area contributed by atoms with E-state index in [0.29, 0.717) is 6.04 Å². The van der Waals surface area contributed by atoms with Crippen LogP contribution >= 0.6 is 24.0 Å². The lowest BCUT2D eigenvalue weighted by Gasteiger charge is -2.36. The lowest BCUT2D eigenvalue weighted by atomic mass is 9.96. The highest BCUT2D eigenvalue weighted by Crippen LogP contribution is 2.18. The van der Waals surface area contributed by atoms with Gasteiger partial charge in [0.2, 0.25) is 0 Å². The van der Waals surface area contributed by atoms with E-state index in [4.69, 9.17) is 9.73 Å². The lowest BCUT2D eigenvalue weighted by molar-refractivity contribution is 0.0625. The van der Waals surface area contributed by atoms with Crippen molar-refractivity contribution >= 4 is 29.9 Å². The number of nitrogens with zero attached hydrogens (tertiary/aromatic N) is 4. The molecule has 0 spiro atoms. The number of halogens is 1. The van der Waals surface area contributed by atoms with Crippen LogP contribution in [0.15, 0.2) is 4.99 Å². The molecule has 0 bridgehead atoms. The molecule has 2 aliphatic rings. The highest BCUT2D eigenvalue weighted by molar-refractivity contribution is 14.0. The number of rotatable bonds is 7. The number of ether oxygens (including phenoxy) is 1. The molecule has 1 atom stereocenters. The number of guanidine groups is 1. The number of hydrogen-bond acceptors (Lipinski definition) is 4. The van der Waals surface area contributed by atoms with E-state index >= 15 is 0 Å². The largest absolute Gasteiger partial charge is 0.381 e. The van der Waals surface area contributed by atoms with Gasteiger partial charge < -0.3 is 19.9 Å². The first-order valence-corrected chi connectivity index (χ1v) is 10.1. The molecule has 0 radical (unpaired) electrons. The Labute approximate surface area is 177 Å². The summed E-state index contributed by atoms with van der Waals surface area (Å²) in [5, 5.41) is 3.46. The average Bonchev–Trinajstić information content (AvgIpc) is 2.64. The monoisotopic (exact) mass is 481 g/mol. The van der Waals surface area contributed by atoms with E-state index in [9.17, 15) is 0 Å². The quantitative estimate of drug-likeness (QED) is 0.342. The average molecular weight is 481 g/mol. The van der Waals surface area contributed by atoms with Crippen molar-refractivity contribution in [2.24, 2.45) is 10.9 Å². The first kappa shape index (κ1) is 23.9. The summed E-state index contributed by atoms with van der Waals surface area (Å²) in [6.07, 6.45) is 3.65. The van der Waals surface area contributed by atoms with Crippen molar-refractivity contribution in [3.05, 3.63) is 0 Å². The second-order valence-electron chi connectivity index (χ2n) is 7.65. The second-order valence-corrected chi connectivity index (χ2v) is 7.65. The summed E-state index contributed by atoms with van der Waals surface area (Å²) < 4.78 is 5.46. The van der Waals surface area contributed by atoms with Crippen molar-refractivity contribution in [2.75, 3.05) is 73.1 Å². The number of likely N-dealkylation sites (N-methyl/N-ethyl adjacent to an activating group) is 1. The lowest BCUT2D eigenvalue weighted by Crippen LogP contribution is -2.49. The van der Waals surface area contributed by atoms with E-state index in [0.717, 1.165) is 57.8 Å². The van der Waals surface area contributed by atoms with Gasteiger partial charge in [0.05, 0.1) is 6.54 Å². The normalized spacial score (nSPS) is 21.9. The summed E-state index contributed by atoms with van der Waals surface area (Å²) in [6, 6.07) is 0.506. The third kappa shape index (κ3) is 8.27. The van der Waals surface area contributed by atoms with Crippen molar-refractivity contribution in [3.63, 3.8) is 0 Å². The van der Waals surface area contributed by atoms with E-state index in [1.807, 2.05) is 0 Å². The summed E-state index contributed by atoms with van der Waals surface area (Å²) in [5.41, 5.74) is 0. The van der Waals surface area contributed by atoms with Gasteiger partial charge in [-0.15, -0.1) is 24.0 Å². The van der Waals surface area contributed by atoms with E-state index in [1.165, 1.54) is 32.4 Å². The van der Waals surface area contributed by atoms with Gasteiger partial charge in [0.25, 0.3) is 0 Å². The van der Waals surface area contributed by atoms with Gasteiger partial charge in [-0.05, 0) is 46.1 Å². The predicted molar refractivity (Wildman–Crippen MR) is 121 cm³/mol. The molecule has 1 N–H and O–H groups in total. The SMILES string of the molecule is CCNC(=NCC(C)N1CCN(C)CC1)N(C)CCC1CCOCC1.I. The van der Waals surface area contributed by atoms with Crippen molar-refractivity contribution in [1.29, 1.82) is 0 Å². The Balaban J connectivity index is 0.00000338. The molecule has 0 saturated carbocycles. The molecule has 7 heteroatoms. The highest BCUT2D eigenvalue weighted by atomic mass is 127. The Kier molecular flexibility index (Phi) is 12.1. The molecule has 0 amide bonds. The standard InChI is InChI=1S/C19H39N5O.HI/c1-5-20-19(23(4)9-6-18-7-14-25-15-8-18)21-16-17(2)24-12-10-22(3)11-13-24;/h17-18H,5-16H2,1-4H3,(H,20,21);1H. The molecule has 0 aromatic heterocycles. The minimum absolute atomic E-state index is 0. The number of hydrogen-bond donors (Lipinski definition) is 1. The van der Waals surface area contributed by atoms with E-state index in [2.05, 4.69) is 48.0 Å². The van der Waals surface area contributed by atoms with Gasteiger partial charge in [-0.1, -0.05) is 0 Å². The molecule has 0 aromatic rings. The van der Waals surface area contributed by atoms with Gasteiger partial charge in [-0.2, -0.15) is 0 Å². The van der Waals surface area contributed by atoms with Crippen molar-refractivity contribution in [1.82, 2.24) is 20.0 Å². The van der Waals surface area contributed by atoms with Gasteiger partial charge in [-0.3, -0.25) is 9.89 Å². The minimum atomic E-state index is 0. The van der Waals surface area contributed by atoms with Crippen LogP contribution < -0.4 is 5.32 Å². The molecule has 0 aromatic carbocycles. The maximum Gasteiger partial charge on any atom is 0.193 e. The molecular weight excluding hydrogens is 441 g/mol. The van der Waals surface area contributed by atoms with Crippen LogP contribution in [0.2, 0.25) is 0 Å². The number of aliphatic imine (C=N–C) groups is 1. The van der Waals surface area contributed by atoms with Crippen molar-refractivity contribution < 1.29 is 4.74 Å². The van der Waals surface area contributed by atoms with Crippen LogP contribution in [-0.4, -0.2) is 99.8 Å². The van der Waals surface area contributed by atoms with Gasteiger partial charge in [-0.25, -0.2) is 0 Å². The summed E-state index contributed by atoms with van der Waals surface area (Å²) in [7, 11) is 4.37. The molecule has 2 fully saturated rings. The van der Waals surface area contributed by atoms with Crippen LogP contribution in [0.1, 0.15) is 33.1 Å². The third-order valence-electron chi connectivity index (χ3n) is 5.58. The molecule has 26 heavy (non-hydrogen) atoms. The fourth-order valence-corrected chi connectivity index (χ4v) is 3.58. The maximum atomic E-state index is 5.46. The molecular formula is C19H40IN5O. The van der Waals surface area contributed by atoms with Gasteiger partial charge in [0, 0.05) is 65.6 Å².